The molecule has 0 saturated carbocycles. The monoisotopic (exact) mass is 251 g/mol. The maximum absolute atomic E-state index is 12.0. The highest BCUT2D eigenvalue weighted by Gasteiger charge is 2.25. The van der Waals surface area contributed by atoms with Gasteiger partial charge in [-0.25, -0.2) is 0 Å². The van der Waals surface area contributed by atoms with Crippen LogP contribution in [0.4, 0.5) is 0 Å². The lowest BCUT2D eigenvalue weighted by atomic mass is 10.3. The summed E-state index contributed by atoms with van der Waals surface area (Å²) in [5.41, 5.74) is 0. The van der Waals surface area contributed by atoms with Crippen LogP contribution in [0.25, 0.3) is 0 Å². The van der Waals surface area contributed by atoms with Gasteiger partial charge in [-0.2, -0.15) is 0 Å². The molecule has 1 aliphatic heterocycles. The van der Waals surface area contributed by atoms with E-state index in [1.165, 1.54) is 6.26 Å². The number of amides is 1. The van der Waals surface area contributed by atoms with Crippen molar-refractivity contribution < 1.29 is 13.9 Å². The Labute approximate surface area is 106 Å². The number of amidine groups is 1. The number of nitrogens with zero attached hydrogens (tertiary/aromatic N) is 2. The molecule has 1 amide bonds. The minimum Gasteiger partial charge on any atom is -0.466 e. The van der Waals surface area contributed by atoms with E-state index in [1.807, 2.05) is 11.8 Å². The maximum atomic E-state index is 12.0. The molecule has 1 aromatic rings. The average Bonchev–Trinajstić information content (AvgIpc) is 2.92. The van der Waals surface area contributed by atoms with Gasteiger partial charge in [0.05, 0.1) is 12.9 Å². The molecule has 1 saturated heterocycles. The standard InChI is InChI=1S/C12H17N3O3/c1-2-17-12(13)15-7-5-14(6-8-15)11(16)10-4-3-9-18-10/h3-4,9,13H,2,5-8H2,1H3. The van der Waals surface area contributed by atoms with Crippen LogP contribution >= 0.6 is 0 Å². The van der Waals surface area contributed by atoms with Crippen molar-refractivity contribution in [3.63, 3.8) is 0 Å². The summed E-state index contributed by atoms with van der Waals surface area (Å²) in [6.07, 6.45) is 1.49. The van der Waals surface area contributed by atoms with Crippen molar-refractivity contribution in [3.05, 3.63) is 24.2 Å². The van der Waals surface area contributed by atoms with Gasteiger partial charge in [0.1, 0.15) is 0 Å². The zero-order chi connectivity index (χ0) is 13.0. The molecule has 0 aromatic carbocycles. The van der Waals surface area contributed by atoms with Crippen LogP contribution in [0.1, 0.15) is 17.5 Å². The summed E-state index contributed by atoms with van der Waals surface area (Å²) in [5, 5.41) is 7.68. The molecule has 1 aromatic heterocycles. The topological polar surface area (TPSA) is 69.8 Å². The lowest BCUT2D eigenvalue weighted by molar-refractivity contribution is 0.0638. The van der Waals surface area contributed by atoms with Gasteiger partial charge in [0.2, 0.25) is 0 Å². The first kappa shape index (κ1) is 12.5. The lowest BCUT2D eigenvalue weighted by Crippen LogP contribution is -2.50. The third kappa shape index (κ3) is 2.64. The van der Waals surface area contributed by atoms with Crippen molar-refractivity contribution in [3.8, 4) is 0 Å². The van der Waals surface area contributed by atoms with E-state index < -0.39 is 0 Å². The highest BCUT2D eigenvalue weighted by Crippen LogP contribution is 2.09. The molecule has 0 unspecified atom stereocenters. The second-order valence-electron chi connectivity index (χ2n) is 3.99. The molecule has 18 heavy (non-hydrogen) atoms. The van der Waals surface area contributed by atoms with Gasteiger partial charge in [-0.3, -0.25) is 10.2 Å². The minimum atomic E-state index is -0.0948. The first-order valence-corrected chi connectivity index (χ1v) is 6.01. The van der Waals surface area contributed by atoms with Gasteiger partial charge in [0, 0.05) is 26.2 Å². The van der Waals surface area contributed by atoms with Crippen molar-refractivity contribution in [2.24, 2.45) is 0 Å². The van der Waals surface area contributed by atoms with Crippen molar-refractivity contribution in [1.29, 1.82) is 5.41 Å². The predicted molar refractivity (Wildman–Crippen MR) is 65.5 cm³/mol. The molecule has 1 fully saturated rings. The van der Waals surface area contributed by atoms with Gasteiger partial charge in [-0.1, -0.05) is 0 Å². The van der Waals surface area contributed by atoms with E-state index in [1.54, 1.807) is 17.0 Å². The van der Waals surface area contributed by atoms with Crippen molar-refractivity contribution >= 4 is 11.9 Å². The fourth-order valence-electron chi connectivity index (χ4n) is 1.90. The Hall–Kier alpha value is -1.98. The number of carbonyl (C=O) groups is 1. The molecule has 6 heteroatoms. The maximum Gasteiger partial charge on any atom is 0.289 e. The van der Waals surface area contributed by atoms with Crippen LogP contribution in [0.3, 0.4) is 0 Å². The Morgan fingerprint density at radius 2 is 2.06 bits per heavy atom. The molecule has 2 heterocycles. The molecule has 1 aliphatic rings. The third-order valence-corrected chi connectivity index (χ3v) is 2.87. The summed E-state index contributed by atoms with van der Waals surface area (Å²) >= 11 is 0. The van der Waals surface area contributed by atoms with E-state index in [-0.39, 0.29) is 11.9 Å². The number of nitrogens with one attached hydrogen (secondary N) is 1. The Bertz CT molecular complexity index is 408. The van der Waals surface area contributed by atoms with Crippen molar-refractivity contribution in [2.75, 3.05) is 32.8 Å². The fourth-order valence-corrected chi connectivity index (χ4v) is 1.90. The minimum absolute atomic E-state index is 0.0948. The van der Waals surface area contributed by atoms with Crippen LogP contribution in [0.15, 0.2) is 22.8 Å². The number of hydrogen-bond acceptors (Lipinski definition) is 4. The van der Waals surface area contributed by atoms with Crippen LogP contribution in [0, 0.1) is 5.41 Å². The van der Waals surface area contributed by atoms with Gasteiger partial charge < -0.3 is 19.0 Å². The highest BCUT2D eigenvalue weighted by molar-refractivity contribution is 5.91. The number of piperazine rings is 1. The van der Waals surface area contributed by atoms with Crippen molar-refractivity contribution in [2.45, 2.75) is 6.92 Å². The normalized spacial score (nSPS) is 15.6. The Morgan fingerprint density at radius 3 is 2.61 bits per heavy atom. The third-order valence-electron chi connectivity index (χ3n) is 2.87. The zero-order valence-corrected chi connectivity index (χ0v) is 10.4. The van der Waals surface area contributed by atoms with Crippen LogP contribution in [0.2, 0.25) is 0 Å². The van der Waals surface area contributed by atoms with Crippen LogP contribution in [0.5, 0.6) is 0 Å². The summed E-state index contributed by atoms with van der Waals surface area (Å²) in [6, 6.07) is 3.55. The molecule has 0 atom stereocenters. The first-order chi connectivity index (χ1) is 8.72. The lowest BCUT2D eigenvalue weighted by Gasteiger charge is -2.34. The molecule has 0 aliphatic carbocycles. The van der Waals surface area contributed by atoms with E-state index in [0.29, 0.717) is 38.5 Å². The zero-order valence-electron chi connectivity index (χ0n) is 10.4. The summed E-state index contributed by atoms with van der Waals surface area (Å²) in [5.74, 6) is 0.269. The molecule has 1 N–H and O–H groups in total. The largest absolute Gasteiger partial charge is 0.466 e. The first-order valence-electron chi connectivity index (χ1n) is 6.01. The SMILES string of the molecule is CCOC(=N)N1CCN(C(=O)c2ccco2)CC1. The number of furan rings is 1. The van der Waals surface area contributed by atoms with E-state index in [4.69, 9.17) is 14.6 Å². The summed E-state index contributed by atoms with van der Waals surface area (Å²) < 4.78 is 10.2. The quantitative estimate of drug-likeness (QED) is 0.629. The Kier molecular flexibility index (Phi) is 3.86. The Morgan fingerprint density at radius 1 is 1.39 bits per heavy atom. The van der Waals surface area contributed by atoms with Crippen LogP contribution < -0.4 is 0 Å². The average molecular weight is 251 g/mol. The molecule has 0 bridgehead atoms. The molecule has 2 rings (SSSR count). The number of rotatable bonds is 2. The molecule has 0 radical (unpaired) electrons. The Balaban J connectivity index is 1.87. The highest BCUT2D eigenvalue weighted by atomic mass is 16.5. The fraction of sp³-hybridized carbons (Fsp3) is 0.500. The van der Waals surface area contributed by atoms with Crippen molar-refractivity contribution in [1.82, 2.24) is 9.80 Å². The van der Waals surface area contributed by atoms with Crippen LogP contribution in [-0.2, 0) is 4.74 Å². The number of ether oxygens (including phenoxy) is 1. The summed E-state index contributed by atoms with van der Waals surface area (Å²) in [4.78, 5) is 15.6. The van der Waals surface area contributed by atoms with E-state index in [9.17, 15) is 4.79 Å². The van der Waals surface area contributed by atoms with Gasteiger partial charge in [-0.05, 0) is 19.1 Å². The van der Waals surface area contributed by atoms with Gasteiger partial charge >= 0.3 is 0 Å². The van der Waals surface area contributed by atoms with Gasteiger partial charge in [0.25, 0.3) is 11.9 Å². The van der Waals surface area contributed by atoms with E-state index in [2.05, 4.69) is 0 Å². The van der Waals surface area contributed by atoms with E-state index in [0.717, 1.165) is 0 Å². The second-order valence-corrected chi connectivity index (χ2v) is 3.99. The summed E-state index contributed by atoms with van der Waals surface area (Å²) in [7, 11) is 0. The molecule has 0 spiro atoms. The predicted octanol–water partition coefficient (Wildman–Crippen LogP) is 1.01. The molecule has 6 nitrogen and oxygen atoms in total. The molecule has 98 valence electrons. The number of hydrogen-bond donors (Lipinski definition) is 1. The van der Waals surface area contributed by atoms with Gasteiger partial charge in [-0.15, -0.1) is 0 Å². The smallest absolute Gasteiger partial charge is 0.289 e. The summed E-state index contributed by atoms with van der Waals surface area (Å²) in [6.45, 7) is 4.73. The number of carbonyl (C=O) groups excluding carboxylic acids is 1. The second kappa shape index (κ2) is 5.57. The molecular weight excluding hydrogens is 234 g/mol. The van der Waals surface area contributed by atoms with Crippen LogP contribution in [-0.4, -0.2) is 54.5 Å². The van der Waals surface area contributed by atoms with E-state index >= 15 is 0 Å². The van der Waals surface area contributed by atoms with Gasteiger partial charge in [0.15, 0.2) is 5.76 Å². The molecular formula is C12H17N3O3.